The smallest absolute Gasteiger partial charge is 0.191 e. The number of aromatic nitrogens is 2. The van der Waals surface area contributed by atoms with Crippen molar-refractivity contribution >= 4 is 39.8 Å². The summed E-state index contributed by atoms with van der Waals surface area (Å²) in [6, 6.07) is 10.1. The largest absolute Gasteiger partial charge is 0.357 e. The lowest BCUT2D eigenvalue weighted by atomic mass is 10.2. The number of guanidine groups is 1. The first kappa shape index (κ1) is 25.4. The van der Waals surface area contributed by atoms with Crippen molar-refractivity contribution in [2.75, 3.05) is 19.3 Å². The zero-order valence-electron chi connectivity index (χ0n) is 18.0. The summed E-state index contributed by atoms with van der Waals surface area (Å²) in [7, 11) is -3.18. The zero-order chi connectivity index (χ0) is 20.9. The first-order valence-corrected chi connectivity index (χ1v) is 11.3. The van der Waals surface area contributed by atoms with Gasteiger partial charge in [0, 0.05) is 25.0 Å². The third-order valence-corrected chi connectivity index (χ3v) is 6.82. The molecule has 0 radical (unpaired) electrons. The van der Waals surface area contributed by atoms with Gasteiger partial charge in [-0.05, 0) is 52.3 Å². The van der Waals surface area contributed by atoms with Crippen molar-refractivity contribution < 1.29 is 8.42 Å². The Morgan fingerprint density at radius 2 is 1.86 bits per heavy atom. The number of nitrogens with one attached hydrogen (secondary N) is 2. The van der Waals surface area contributed by atoms with Crippen molar-refractivity contribution in [3.63, 3.8) is 0 Å². The van der Waals surface area contributed by atoms with E-state index in [1.165, 1.54) is 6.26 Å². The van der Waals surface area contributed by atoms with E-state index in [0.29, 0.717) is 19.0 Å². The SMILES string of the molecule is CCNC(=NCc1ccccc1-n1nc(C)cc1C)NCC(C)(C)S(C)(=O)=O.I. The molecular weight excluding hydrogens is 501 g/mol. The van der Waals surface area contributed by atoms with Crippen LogP contribution in [0.5, 0.6) is 0 Å². The Balaban J connectivity index is 0.00000420. The molecule has 0 bridgehead atoms. The molecule has 0 aliphatic rings. The Kier molecular flexibility index (Phi) is 9.13. The van der Waals surface area contributed by atoms with Gasteiger partial charge in [-0.15, -0.1) is 24.0 Å². The molecule has 2 rings (SSSR count). The molecule has 0 saturated heterocycles. The van der Waals surface area contributed by atoms with Crippen molar-refractivity contribution in [2.45, 2.75) is 45.9 Å². The summed E-state index contributed by atoms with van der Waals surface area (Å²) in [5, 5.41) is 10.9. The maximum Gasteiger partial charge on any atom is 0.191 e. The van der Waals surface area contributed by atoms with Crippen LogP contribution in [-0.4, -0.2) is 48.3 Å². The minimum absolute atomic E-state index is 0. The molecule has 7 nitrogen and oxygen atoms in total. The molecule has 29 heavy (non-hydrogen) atoms. The van der Waals surface area contributed by atoms with E-state index in [0.717, 1.165) is 22.6 Å². The van der Waals surface area contributed by atoms with Gasteiger partial charge in [-0.2, -0.15) is 5.10 Å². The van der Waals surface area contributed by atoms with Crippen molar-refractivity contribution in [2.24, 2.45) is 4.99 Å². The van der Waals surface area contributed by atoms with Gasteiger partial charge in [0.25, 0.3) is 0 Å². The molecule has 9 heteroatoms. The first-order valence-electron chi connectivity index (χ1n) is 9.38. The molecule has 0 amide bonds. The average molecular weight is 533 g/mol. The summed E-state index contributed by atoms with van der Waals surface area (Å²) in [4.78, 5) is 4.65. The lowest BCUT2D eigenvalue weighted by molar-refractivity contribution is 0.544. The summed E-state index contributed by atoms with van der Waals surface area (Å²) in [6.07, 6.45) is 1.25. The van der Waals surface area contributed by atoms with Gasteiger partial charge in [-0.25, -0.2) is 18.1 Å². The lowest BCUT2D eigenvalue weighted by Crippen LogP contribution is -2.47. The number of halogens is 1. The van der Waals surface area contributed by atoms with Crippen molar-refractivity contribution in [3.05, 3.63) is 47.3 Å². The number of hydrogen-bond acceptors (Lipinski definition) is 4. The van der Waals surface area contributed by atoms with Gasteiger partial charge in [0.1, 0.15) is 0 Å². The number of nitrogens with zero attached hydrogens (tertiary/aromatic N) is 3. The maximum atomic E-state index is 11.9. The zero-order valence-corrected chi connectivity index (χ0v) is 21.1. The molecular formula is C20H32IN5O2S. The van der Waals surface area contributed by atoms with Gasteiger partial charge in [-0.1, -0.05) is 18.2 Å². The highest BCUT2D eigenvalue weighted by molar-refractivity contribution is 14.0. The Hall–Kier alpha value is -1.62. The highest BCUT2D eigenvalue weighted by atomic mass is 127. The van der Waals surface area contributed by atoms with Crippen LogP contribution in [-0.2, 0) is 16.4 Å². The Labute approximate surface area is 191 Å². The molecule has 0 unspecified atom stereocenters. The predicted molar refractivity (Wildman–Crippen MR) is 130 cm³/mol. The van der Waals surface area contributed by atoms with Gasteiger partial charge in [0.05, 0.1) is 22.7 Å². The molecule has 0 saturated carbocycles. The van der Waals surface area contributed by atoms with E-state index in [1.54, 1.807) is 13.8 Å². The molecule has 0 spiro atoms. The number of aliphatic imine (C=N–C) groups is 1. The third-order valence-electron chi connectivity index (χ3n) is 4.67. The highest BCUT2D eigenvalue weighted by Crippen LogP contribution is 2.18. The molecule has 162 valence electrons. The molecule has 0 atom stereocenters. The van der Waals surface area contributed by atoms with Crippen LogP contribution >= 0.6 is 24.0 Å². The Morgan fingerprint density at radius 1 is 1.21 bits per heavy atom. The number of rotatable bonds is 7. The fraction of sp³-hybridized carbons (Fsp3) is 0.500. The van der Waals surface area contributed by atoms with E-state index in [2.05, 4.69) is 20.7 Å². The quantitative estimate of drug-likeness (QED) is 0.325. The molecule has 1 aromatic heterocycles. The molecule has 1 heterocycles. The minimum atomic E-state index is -3.18. The van der Waals surface area contributed by atoms with E-state index < -0.39 is 14.6 Å². The van der Waals surface area contributed by atoms with Crippen LogP contribution in [0.15, 0.2) is 35.3 Å². The fourth-order valence-electron chi connectivity index (χ4n) is 2.66. The summed E-state index contributed by atoms with van der Waals surface area (Å²) in [5.74, 6) is 0.586. The normalized spacial score (nSPS) is 12.4. The second-order valence-electron chi connectivity index (χ2n) is 7.55. The molecule has 2 N–H and O–H groups in total. The van der Waals surface area contributed by atoms with Crippen LogP contribution in [0.25, 0.3) is 5.69 Å². The van der Waals surface area contributed by atoms with Crippen LogP contribution < -0.4 is 10.6 Å². The van der Waals surface area contributed by atoms with Gasteiger partial charge in [-0.3, -0.25) is 0 Å². The van der Waals surface area contributed by atoms with Crippen molar-refractivity contribution in [3.8, 4) is 5.69 Å². The topological polar surface area (TPSA) is 88.4 Å². The van der Waals surface area contributed by atoms with Gasteiger partial charge >= 0.3 is 0 Å². The van der Waals surface area contributed by atoms with Gasteiger partial charge in [0.15, 0.2) is 15.8 Å². The average Bonchev–Trinajstić information content (AvgIpc) is 2.95. The van der Waals surface area contributed by atoms with Crippen molar-refractivity contribution in [1.29, 1.82) is 0 Å². The second-order valence-corrected chi connectivity index (χ2v) is 10.2. The van der Waals surface area contributed by atoms with Crippen LogP contribution in [0, 0.1) is 13.8 Å². The van der Waals surface area contributed by atoms with E-state index in [4.69, 9.17) is 0 Å². The minimum Gasteiger partial charge on any atom is -0.357 e. The Bertz CT molecular complexity index is 952. The predicted octanol–water partition coefficient (Wildman–Crippen LogP) is 2.99. The van der Waals surface area contributed by atoms with Gasteiger partial charge in [0.2, 0.25) is 0 Å². The molecule has 0 fully saturated rings. The van der Waals surface area contributed by atoms with E-state index in [1.807, 2.05) is 55.8 Å². The second kappa shape index (κ2) is 10.4. The van der Waals surface area contributed by atoms with E-state index in [9.17, 15) is 8.42 Å². The number of aryl methyl sites for hydroxylation is 2. The Morgan fingerprint density at radius 3 is 2.41 bits per heavy atom. The standard InChI is InChI=1S/C20H31N5O2S.HI/c1-7-21-19(23-14-20(4,5)28(6,26)27)22-13-17-10-8-9-11-18(17)25-16(3)12-15(2)24-25;/h8-12H,7,13-14H2,1-6H3,(H2,21,22,23);1H. The summed E-state index contributed by atoms with van der Waals surface area (Å²) >= 11 is 0. The monoisotopic (exact) mass is 533 g/mol. The van der Waals surface area contributed by atoms with Crippen molar-refractivity contribution in [1.82, 2.24) is 20.4 Å². The van der Waals surface area contributed by atoms with E-state index >= 15 is 0 Å². The van der Waals surface area contributed by atoms with Crippen LogP contribution in [0.3, 0.4) is 0 Å². The summed E-state index contributed by atoms with van der Waals surface area (Å²) < 4.78 is 24.9. The number of para-hydroxylation sites is 1. The summed E-state index contributed by atoms with van der Waals surface area (Å²) in [6.45, 7) is 10.8. The van der Waals surface area contributed by atoms with Crippen LogP contribution in [0.1, 0.15) is 37.7 Å². The molecule has 1 aromatic carbocycles. The first-order chi connectivity index (χ1) is 13.0. The number of benzene rings is 1. The maximum absolute atomic E-state index is 11.9. The molecule has 0 aliphatic carbocycles. The number of hydrogen-bond donors (Lipinski definition) is 2. The molecule has 0 aliphatic heterocycles. The lowest BCUT2D eigenvalue weighted by Gasteiger charge is -2.24. The fourth-order valence-corrected chi connectivity index (χ4v) is 2.99. The van der Waals surface area contributed by atoms with Crippen LogP contribution in [0.2, 0.25) is 0 Å². The van der Waals surface area contributed by atoms with E-state index in [-0.39, 0.29) is 30.5 Å². The van der Waals surface area contributed by atoms with Gasteiger partial charge < -0.3 is 10.6 Å². The number of sulfone groups is 1. The third kappa shape index (κ3) is 6.70. The summed E-state index contributed by atoms with van der Waals surface area (Å²) in [5.41, 5.74) is 4.06. The molecule has 2 aromatic rings. The highest BCUT2D eigenvalue weighted by Gasteiger charge is 2.30. The van der Waals surface area contributed by atoms with Crippen LogP contribution in [0.4, 0.5) is 0 Å².